The van der Waals surface area contributed by atoms with Crippen LogP contribution < -0.4 is 0 Å². The normalized spacial score (nSPS) is 42.7. The number of ether oxygens (including phenoxy) is 3. The predicted molar refractivity (Wildman–Crippen MR) is 135 cm³/mol. The second kappa shape index (κ2) is 8.94. The molecule has 2 saturated carbocycles. The highest BCUT2D eigenvalue weighted by molar-refractivity contribution is 5.98. The van der Waals surface area contributed by atoms with E-state index in [1.54, 1.807) is 32.0 Å². The second-order valence-corrected chi connectivity index (χ2v) is 12.2. The molecule has 0 aromatic heterocycles. The lowest BCUT2D eigenvalue weighted by Gasteiger charge is -2.68. The van der Waals surface area contributed by atoms with E-state index in [4.69, 9.17) is 14.2 Å². The summed E-state index contributed by atoms with van der Waals surface area (Å²) in [5, 5.41) is 47.6. The van der Waals surface area contributed by atoms with E-state index in [2.05, 4.69) is 0 Å². The number of ketones is 1. The largest absolute Gasteiger partial charge is 0.455 e. The number of hydrogen-bond donors (Lipinski definition) is 4. The average molecular weight is 545 g/mol. The van der Waals surface area contributed by atoms with E-state index >= 15 is 0 Å². The molecule has 4 aliphatic rings. The number of fused-ring (bicyclic) bond motifs is 5. The number of rotatable bonds is 3. The Kier molecular flexibility index (Phi) is 6.40. The third-order valence-corrected chi connectivity index (χ3v) is 10.00. The number of allylic oxidation sites excluding steroid dienone is 1. The number of aliphatic hydroxyl groups excluding tert-OH is 3. The van der Waals surface area contributed by atoms with Crippen LogP contribution in [0.2, 0.25) is 0 Å². The quantitative estimate of drug-likeness (QED) is 0.406. The fourth-order valence-electron chi connectivity index (χ4n) is 7.70. The summed E-state index contributed by atoms with van der Waals surface area (Å²) in [6.45, 7) is 7.33. The van der Waals surface area contributed by atoms with Crippen LogP contribution in [0.5, 0.6) is 0 Å². The summed E-state index contributed by atoms with van der Waals surface area (Å²) in [5.41, 5.74) is -6.24. The van der Waals surface area contributed by atoms with E-state index < -0.39 is 82.6 Å². The molecule has 10 heteroatoms. The minimum absolute atomic E-state index is 0.0395. The summed E-state index contributed by atoms with van der Waals surface area (Å²) in [6, 6.07) is 8.08. The highest BCUT2D eigenvalue weighted by atomic mass is 16.6. The molecule has 9 atom stereocenters. The number of Topliss-reactive ketones (excluding diaryl/α,β-unsaturated/α-hetero) is 1. The lowest BCUT2D eigenvalue weighted by Crippen LogP contribution is -2.82. The maximum Gasteiger partial charge on any atom is 0.338 e. The van der Waals surface area contributed by atoms with E-state index in [0.717, 1.165) is 0 Å². The first-order valence-corrected chi connectivity index (χ1v) is 13.2. The van der Waals surface area contributed by atoms with Gasteiger partial charge in [-0.3, -0.25) is 9.59 Å². The summed E-state index contributed by atoms with van der Waals surface area (Å²) in [5.74, 6) is -3.24. The van der Waals surface area contributed by atoms with Crippen LogP contribution in [0.4, 0.5) is 0 Å². The first-order valence-electron chi connectivity index (χ1n) is 13.2. The molecule has 1 aromatic carbocycles. The number of benzene rings is 1. The molecule has 1 unspecified atom stereocenters. The van der Waals surface area contributed by atoms with Crippen LogP contribution in [0.1, 0.15) is 57.8 Å². The highest BCUT2D eigenvalue weighted by Gasteiger charge is 2.77. The molecule has 0 radical (unpaired) electrons. The Morgan fingerprint density at radius 2 is 1.72 bits per heavy atom. The lowest BCUT2D eigenvalue weighted by atomic mass is 9.44. The van der Waals surface area contributed by atoms with Gasteiger partial charge in [0.1, 0.15) is 23.9 Å². The molecular weight excluding hydrogens is 508 g/mol. The van der Waals surface area contributed by atoms with Crippen molar-refractivity contribution in [1.82, 2.24) is 0 Å². The second-order valence-electron chi connectivity index (χ2n) is 12.2. The van der Waals surface area contributed by atoms with Gasteiger partial charge in [0.05, 0.1) is 30.3 Å². The van der Waals surface area contributed by atoms with Gasteiger partial charge in [-0.1, -0.05) is 39.0 Å². The topological polar surface area (TPSA) is 160 Å². The molecule has 1 aromatic rings. The van der Waals surface area contributed by atoms with Crippen molar-refractivity contribution in [2.75, 3.05) is 6.61 Å². The summed E-state index contributed by atoms with van der Waals surface area (Å²) >= 11 is 0. The van der Waals surface area contributed by atoms with Crippen LogP contribution in [0, 0.1) is 16.7 Å². The highest BCUT2D eigenvalue weighted by Crippen LogP contribution is 2.64. The molecule has 0 spiro atoms. The van der Waals surface area contributed by atoms with Crippen LogP contribution in [0.3, 0.4) is 0 Å². The van der Waals surface area contributed by atoms with Crippen molar-refractivity contribution in [3.05, 3.63) is 47.0 Å². The van der Waals surface area contributed by atoms with Gasteiger partial charge >= 0.3 is 11.9 Å². The van der Waals surface area contributed by atoms with Gasteiger partial charge in [0.15, 0.2) is 11.4 Å². The Bertz CT molecular complexity index is 1240. The monoisotopic (exact) mass is 544 g/mol. The summed E-state index contributed by atoms with van der Waals surface area (Å²) in [7, 11) is 0. The Morgan fingerprint density at radius 3 is 2.28 bits per heavy atom. The van der Waals surface area contributed by atoms with Crippen LogP contribution >= 0.6 is 0 Å². The molecule has 2 bridgehead atoms. The maximum absolute atomic E-state index is 13.6. The number of esters is 2. The van der Waals surface area contributed by atoms with Gasteiger partial charge in [-0.25, -0.2) is 4.79 Å². The van der Waals surface area contributed by atoms with Crippen molar-refractivity contribution >= 4 is 17.7 Å². The van der Waals surface area contributed by atoms with Crippen LogP contribution in [-0.4, -0.2) is 86.5 Å². The Hall–Kier alpha value is -2.63. The van der Waals surface area contributed by atoms with E-state index in [0.29, 0.717) is 0 Å². The summed E-state index contributed by atoms with van der Waals surface area (Å²) < 4.78 is 17.7. The number of aliphatic hydroxyl groups is 4. The first-order chi connectivity index (χ1) is 18.1. The van der Waals surface area contributed by atoms with E-state index in [1.807, 2.05) is 0 Å². The zero-order chi connectivity index (χ0) is 28.7. The zero-order valence-electron chi connectivity index (χ0n) is 22.7. The smallest absolute Gasteiger partial charge is 0.338 e. The Labute approximate surface area is 226 Å². The number of carbonyl (C=O) groups excluding carboxylic acids is 3. The third kappa shape index (κ3) is 3.62. The van der Waals surface area contributed by atoms with Crippen molar-refractivity contribution in [2.24, 2.45) is 16.7 Å². The van der Waals surface area contributed by atoms with Gasteiger partial charge in [0.2, 0.25) is 0 Å². The van der Waals surface area contributed by atoms with E-state index in [9.17, 15) is 34.8 Å². The Morgan fingerprint density at radius 1 is 1.08 bits per heavy atom. The van der Waals surface area contributed by atoms with Crippen molar-refractivity contribution in [3.63, 3.8) is 0 Å². The molecule has 10 nitrogen and oxygen atoms in total. The standard InChI is InChI=1S/C29H36O10/c1-14-17(31)12-29(36)24(38-25(35)16-9-7-6-8-10-16)22-27(5,23(34)21(33)20(14)26(29,3)4)18(32)11-19-28(22,13-37-19)39-15(2)30/h6-10,18-19,21-24,32-34,36H,11-13H2,1-5H3/t18-,19+,21-,22?,23+,24+,27+,28+,29-/m1/s1. The number of carbonyl (C=O) groups is 3. The molecule has 0 amide bonds. The molecule has 4 N–H and O–H groups in total. The van der Waals surface area contributed by atoms with Crippen LogP contribution in [0.25, 0.3) is 0 Å². The van der Waals surface area contributed by atoms with Crippen LogP contribution in [-0.2, 0) is 23.8 Å². The maximum atomic E-state index is 13.6. The molecule has 5 rings (SSSR count). The van der Waals surface area contributed by atoms with Crippen molar-refractivity contribution in [3.8, 4) is 0 Å². The average Bonchev–Trinajstić information content (AvgIpc) is 2.87. The predicted octanol–water partition coefficient (Wildman–Crippen LogP) is 1.08. The molecule has 212 valence electrons. The summed E-state index contributed by atoms with van der Waals surface area (Å²) in [6.07, 6.45) is -7.57. The third-order valence-electron chi connectivity index (χ3n) is 10.00. The molecule has 1 aliphatic heterocycles. The minimum Gasteiger partial charge on any atom is -0.455 e. The molecule has 1 saturated heterocycles. The van der Waals surface area contributed by atoms with E-state index in [-0.39, 0.29) is 29.7 Å². The van der Waals surface area contributed by atoms with Gasteiger partial charge in [0, 0.05) is 30.6 Å². The molecule has 3 fully saturated rings. The van der Waals surface area contributed by atoms with Crippen molar-refractivity contribution in [1.29, 1.82) is 0 Å². The van der Waals surface area contributed by atoms with Crippen molar-refractivity contribution in [2.45, 2.75) is 89.2 Å². The molecule has 39 heavy (non-hydrogen) atoms. The zero-order valence-corrected chi connectivity index (χ0v) is 22.7. The van der Waals surface area contributed by atoms with Gasteiger partial charge in [-0.15, -0.1) is 0 Å². The SMILES string of the molecule is CC(=O)O[C@@]12CO[C@H]1C[C@@H](O)[C@@]1(C)C2[C@H](OC(=O)c2ccccc2)[C@]2(O)CC(=O)C(C)=C([C@@H](O)[C@@H]1O)C2(C)C. The van der Waals surface area contributed by atoms with Gasteiger partial charge in [0.25, 0.3) is 0 Å². The number of hydrogen-bond acceptors (Lipinski definition) is 10. The van der Waals surface area contributed by atoms with Gasteiger partial charge in [-0.05, 0) is 30.2 Å². The fourth-order valence-corrected chi connectivity index (χ4v) is 7.70. The lowest BCUT2D eigenvalue weighted by molar-refractivity contribution is -0.363. The Balaban J connectivity index is 1.81. The van der Waals surface area contributed by atoms with E-state index in [1.165, 1.54) is 32.9 Å². The first kappa shape index (κ1) is 27.9. The van der Waals surface area contributed by atoms with Gasteiger partial charge < -0.3 is 34.6 Å². The van der Waals surface area contributed by atoms with Gasteiger partial charge in [-0.2, -0.15) is 0 Å². The minimum atomic E-state index is -2.12. The van der Waals surface area contributed by atoms with Crippen molar-refractivity contribution < 1.29 is 49.0 Å². The van der Waals surface area contributed by atoms with Crippen LogP contribution in [0.15, 0.2) is 41.5 Å². The fraction of sp³-hybridized carbons (Fsp3) is 0.621. The molecule has 1 heterocycles. The molecule has 3 aliphatic carbocycles. The molecular formula is C29H36O10. The summed E-state index contributed by atoms with van der Waals surface area (Å²) in [4.78, 5) is 39.3.